The van der Waals surface area contributed by atoms with Gasteiger partial charge in [-0.2, -0.15) is 4.31 Å². The van der Waals surface area contributed by atoms with Gasteiger partial charge in [0.25, 0.3) is 10.0 Å². The number of thiophene rings is 1. The molecule has 31 heavy (non-hydrogen) atoms. The monoisotopic (exact) mass is 496 g/mol. The van der Waals surface area contributed by atoms with Crippen LogP contribution in [0.5, 0.6) is 0 Å². The number of carbonyl (C=O) groups is 1. The summed E-state index contributed by atoms with van der Waals surface area (Å²) in [4.78, 5) is 21.9. The molecular weight excluding hydrogens is 476 g/mol. The van der Waals surface area contributed by atoms with Crippen LogP contribution in [-0.2, 0) is 14.8 Å². The number of sulfonamides is 1. The van der Waals surface area contributed by atoms with Crippen LogP contribution < -0.4 is 4.90 Å². The number of rotatable bonds is 4. The first-order chi connectivity index (χ1) is 14.9. The lowest BCUT2D eigenvalue weighted by Crippen LogP contribution is -2.54. The van der Waals surface area contributed by atoms with Crippen LogP contribution in [0.3, 0.4) is 0 Å². The lowest BCUT2D eigenvalue weighted by Gasteiger charge is -2.37. The van der Waals surface area contributed by atoms with E-state index in [1.54, 1.807) is 22.3 Å². The molecule has 0 spiro atoms. The molecule has 0 N–H and O–H groups in total. The molecule has 2 aromatic heterocycles. The van der Waals surface area contributed by atoms with Gasteiger partial charge in [0.05, 0.1) is 14.6 Å². The number of halogens is 1. The molecule has 2 aliphatic rings. The Balaban J connectivity index is 1.27. The van der Waals surface area contributed by atoms with Gasteiger partial charge in [0, 0.05) is 32.7 Å². The molecule has 1 amide bonds. The predicted molar refractivity (Wildman–Crippen MR) is 125 cm³/mol. The van der Waals surface area contributed by atoms with Gasteiger partial charge in [-0.15, -0.1) is 11.3 Å². The minimum atomic E-state index is -3.72. The number of amides is 1. The van der Waals surface area contributed by atoms with E-state index in [0.29, 0.717) is 49.9 Å². The Morgan fingerprint density at radius 2 is 1.81 bits per heavy atom. The summed E-state index contributed by atoms with van der Waals surface area (Å²) in [6.07, 6.45) is 1.23. The van der Waals surface area contributed by atoms with E-state index in [1.165, 1.54) is 10.4 Å². The van der Waals surface area contributed by atoms with Crippen LogP contribution in [0.25, 0.3) is 10.2 Å². The summed E-state index contributed by atoms with van der Waals surface area (Å²) >= 11 is 8.62. The van der Waals surface area contributed by atoms with E-state index >= 15 is 0 Å². The molecule has 11 heteroatoms. The van der Waals surface area contributed by atoms with Crippen LogP contribution in [0, 0.1) is 0 Å². The number of piperazine rings is 1. The average Bonchev–Trinajstić information content (AvgIpc) is 3.52. The maximum Gasteiger partial charge on any atom is 0.253 e. The fourth-order valence-electron chi connectivity index (χ4n) is 4.15. The summed E-state index contributed by atoms with van der Waals surface area (Å²) < 4.78 is 29.2. The molecule has 4 heterocycles. The van der Waals surface area contributed by atoms with Crippen molar-refractivity contribution in [3.63, 3.8) is 0 Å². The third-order valence-corrected chi connectivity index (χ3v) is 10.4. The average molecular weight is 497 g/mol. The number of thiazole rings is 1. The van der Waals surface area contributed by atoms with Gasteiger partial charge in [0.2, 0.25) is 5.91 Å². The molecule has 3 aromatic rings. The van der Waals surface area contributed by atoms with Gasteiger partial charge < -0.3 is 9.80 Å². The Morgan fingerprint density at radius 3 is 2.52 bits per heavy atom. The molecule has 7 nitrogen and oxygen atoms in total. The molecule has 1 unspecified atom stereocenters. The predicted octanol–water partition coefficient (Wildman–Crippen LogP) is 3.51. The molecule has 2 saturated heterocycles. The second-order valence-corrected chi connectivity index (χ2v) is 12.5. The van der Waals surface area contributed by atoms with E-state index < -0.39 is 16.1 Å². The Morgan fingerprint density at radius 1 is 1.03 bits per heavy atom. The number of anilines is 1. The van der Waals surface area contributed by atoms with Crippen LogP contribution in [0.4, 0.5) is 5.13 Å². The zero-order valence-corrected chi connectivity index (χ0v) is 19.8. The minimum absolute atomic E-state index is 0.104. The van der Waals surface area contributed by atoms with E-state index in [2.05, 4.69) is 11.0 Å². The van der Waals surface area contributed by atoms with Crippen molar-refractivity contribution in [1.82, 2.24) is 14.2 Å². The normalized spacial score (nSPS) is 20.6. The van der Waals surface area contributed by atoms with Crippen molar-refractivity contribution in [2.24, 2.45) is 0 Å². The molecule has 5 rings (SSSR count). The second-order valence-electron chi connectivity index (χ2n) is 7.61. The van der Waals surface area contributed by atoms with Crippen molar-refractivity contribution in [3.8, 4) is 0 Å². The molecule has 1 atom stereocenters. The number of benzene rings is 1. The standard InChI is InChI=1S/C20H21ClN4O3S3/c21-17-7-8-18(30-17)31(27,28)25-9-3-5-15(25)19(26)23-10-12-24(13-11-23)20-22-14-4-1-2-6-16(14)29-20/h1-2,4,6-8,15H,3,5,9-13H2. The highest BCUT2D eigenvalue weighted by atomic mass is 35.5. The van der Waals surface area contributed by atoms with Crippen LogP contribution in [0.1, 0.15) is 12.8 Å². The Hall–Kier alpha value is -1.72. The molecule has 164 valence electrons. The summed E-state index contributed by atoms with van der Waals surface area (Å²) in [5.41, 5.74) is 0.987. The second kappa shape index (κ2) is 8.32. The number of carbonyl (C=O) groups excluding carboxylic acids is 1. The van der Waals surface area contributed by atoms with E-state index in [-0.39, 0.29) is 10.1 Å². The van der Waals surface area contributed by atoms with Crippen LogP contribution in [0.2, 0.25) is 4.34 Å². The molecule has 0 aliphatic carbocycles. The number of hydrogen-bond donors (Lipinski definition) is 0. The van der Waals surface area contributed by atoms with Gasteiger partial charge in [-0.1, -0.05) is 35.1 Å². The molecule has 2 fully saturated rings. The summed E-state index contributed by atoms with van der Waals surface area (Å²) in [6, 6.07) is 10.5. The minimum Gasteiger partial charge on any atom is -0.345 e. The van der Waals surface area contributed by atoms with E-state index in [9.17, 15) is 13.2 Å². The summed E-state index contributed by atoms with van der Waals surface area (Å²) in [6.45, 7) is 2.85. The smallest absolute Gasteiger partial charge is 0.253 e. The first-order valence-electron chi connectivity index (χ1n) is 10.1. The summed E-state index contributed by atoms with van der Waals surface area (Å²) in [5, 5.41) is 0.966. The molecule has 1 aromatic carbocycles. The third kappa shape index (κ3) is 3.95. The largest absolute Gasteiger partial charge is 0.345 e. The molecule has 2 aliphatic heterocycles. The zero-order chi connectivity index (χ0) is 21.6. The van der Waals surface area contributed by atoms with Crippen LogP contribution in [0.15, 0.2) is 40.6 Å². The van der Waals surface area contributed by atoms with Crippen LogP contribution in [-0.4, -0.2) is 67.3 Å². The number of fused-ring (bicyclic) bond motifs is 1. The highest BCUT2D eigenvalue weighted by molar-refractivity contribution is 7.91. The van der Waals surface area contributed by atoms with Crippen LogP contribution >= 0.6 is 34.3 Å². The molecular formula is C20H21ClN4O3S3. The fourth-order valence-corrected chi connectivity index (χ4v) is 8.43. The van der Waals surface area contributed by atoms with E-state index in [4.69, 9.17) is 16.6 Å². The lowest BCUT2D eigenvalue weighted by molar-refractivity contribution is -0.134. The first-order valence-corrected chi connectivity index (χ1v) is 13.5. The van der Waals surface area contributed by atoms with Crippen molar-refractivity contribution in [3.05, 3.63) is 40.7 Å². The Kier molecular flexibility index (Phi) is 5.68. The maximum absolute atomic E-state index is 13.2. The highest BCUT2D eigenvalue weighted by Gasteiger charge is 2.42. The topological polar surface area (TPSA) is 73.8 Å². The molecule has 0 saturated carbocycles. The summed E-state index contributed by atoms with van der Waals surface area (Å²) in [5.74, 6) is -0.104. The van der Waals surface area contributed by atoms with Gasteiger partial charge in [0.15, 0.2) is 5.13 Å². The molecule has 0 bridgehead atoms. The van der Waals surface area contributed by atoms with Crippen molar-refractivity contribution in [2.45, 2.75) is 23.1 Å². The number of nitrogens with zero attached hydrogens (tertiary/aromatic N) is 4. The van der Waals surface area contributed by atoms with Crippen molar-refractivity contribution < 1.29 is 13.2 Å². The van der Waals surface area contributed by atoms with Gasteiger partial charge in [0.1, 0.15) is 10.3 Å². The third-order valence-electron chi connectivity index (χ3n) is 5.74. The Bertz CT molecular complexity index is 1180. The maximum atomic E-state index is 13.2. The van der Waals surface area contributed by atoms with Gasteiger partial charge >= 0.3 is 0 Å². The van der Waals surface area contributed by atoms with Gasteiger partial charge in [-0.05, 0) is 37.1 Å². The number of aromatic nitrogens is 1. The number of hydrogen-bond acceptors (Lipinski definition) is 7. The van der Waals surface area contributed by atoms with Gasteiger partial charge in [-0.25, -0.2) is 13.4 Å². The van der Waals surface area contributed by atoms with Crippen molar-refractivity contribution in [2.75, 3.05) is 37.6 Å². The van der Waals surface area contributed by atoms with Gasteiger partial charge in [-0.3, -0.25) is 4.79 Å². The molecule has 0 radical (unpaired) electrons. The van der Waals surface area contributed by atoms with E-state index in [1.807, 2.05) is 18.2 Å². The lowest BCUT2D eigenvalue weighted by atomic mass is 10.2. The fraction of sp³-hybridized carbons (Fsp3) is 0.400. The quantitative estimate of drug-likeness (QED) is 0.552. The number of para-hydroxylation sites is 1. The van der Waals surface area contributed by atoms with E-state index in [0.717, 1.165) is 26.7 Å². The van der Waals surface area contributed by atoms with Crippen molar-refractivity contribution >= 4 is 65.6 Å². The highest BCUT2D eigenvalue weighted by Crippen LogP contribution is 2.33. The van der Waals surface area contributed by atoms with Crippen molar-refractivity contribution in [1.29, 1.82) is 0 Å². The zero-order valence-electron chi connectivity index (χ0n) is 16.6. The first kappa shape index (κ1) is 21.1. The summed E-state index contributed by atoms with van der Waals surface area (Å²) in [7, 11) is -3.72. The Labute approximate surface area is 193 Å². The SMILES string of the molecule is O=C(C1CCCN1S(=O)(=O)c1ccc(Cl)s1)N1CCN(c2nc3ccccc3s2)CC1.